The number of carbonyl (C=O) groups excluding carboxylic acids is 1. The zero-order valence-corrected chi connectivity index (χ0v) is 14.5. The van der Waals surface area contributed by atoms with Crippen LogP contribution in [0.15, 0.2) is 0 Å². The molecule has 2 nitrogen and oxygen atoms in total. The van der Waals surface area contributed by atoms with Gasteiger partial charge in [-0.3, -0.25) is 4.79 Å². The van der Waals surface area contributed by atoms with Gasteiger partial charge in [-0.15, -0.1) is 0 Å². The standard InChI is InChI=1S/C10H22.C8H16O2/c1-3-5-7-9-10-8-6-4-2;1-3-5-6-7-8(9)10-4-2/h3-10H2,1-2H3;3-7H2,1-2H3. The monoisotopic (exact) mass is 286 g/mol. The molecule has 122 valence electrons. The van der Waals surface area contributed by atoms with E-state index in [1.54, 1.807) is 0 Å². The summed E-state index contributed by atoms with van der Waals surface area (Å²) in [4.78, 5) is 10.7. The smallest absolute Gasteiger partial charge is 0.305 e. The Morgan fingerprint density at radius 3 is 1.45 bits per heavy atom. The van der Waals surface area contributed by atoms with Crippen molar-refractivity contribution in [2.45, 2.75) is 105 Å². The van der Waals surface area contributed by atoms with E-state index in [0.29, 0.717) is 13.0 Å². The Kier molecular flexibility index (Phi) is 22.6. The molecule has 0 heterocycles. The molecule has 0 rings (SSSR count). The molecule has 20 heavy (non-hydrogen) atoms. The first-order valence-electron chi connectivity index (χ1n) is 8.88. The Bertz CT molecular complexity index is 170. The van der Waals surface area contributed by atoms with Gasteiger partial charge in [0, 0.05) is 6.42 Å². The molecule has 0 amide bonds. The van der Waals surface area contributed by atoms with Crippen molar-refractivity contribution >= 4 is 5.97 Å². The highest BCUT2D eigenvalue weighted by Gasteiger charge is 1.98. The fourth-order valence-electron chi connectivity index (χ4n) is 1.96. The van der Waals surface area contributed by atoms with Crippen LogP contribution in [0.1, 0.15) is 105 Å². The average molecular weight is 286 g/mol. The Hall–Kier alpha value is -0.530. The predicted octanol–water partition coefficient (Wildman–Crippen LogP) is 6.28. The molecule has 0 aromatic rings. The number of carbonyl (C=O) groups is 1. The minimum absolute atomic E-state index is 0.0593. The van der Waals surface area contributed by atoms with Crippen molar-refractivity contribution < 1.29 is 9.53 Å². The van der Waals surface area contributed by atoms with Gasteiger partial charge in [0.05, 0.1) is 6.61 Å². The van der Waals surface area contributed by atoms with Gasteiger partial charge in [-0.25, -0.2) is 0 Å². The number of unbranched alkanes of at least 4 members (excludes halogenated alkanes) is 9. The quantitative estimate of drug-likeness (QED) is 0.312. The van der Waals surface area contributed by atoms with E-state index in [9.17, 15) is 4.79 Å². The van der Waals surface area contributed by atoms with E-state index in [-0.39, 0.29) is 5.97 Å². The zero-order valence-electron chi connectivity index (χ0n) is 14.5. The summed E-state index contributed by atoms with van der Waals surface area (Å²) < 4.78 is 4.75. The van der Waals surface area contributed by atoms with Gasteiger partial charge in [0.2, 0.25) is 0 Å². The summed E-state index contributed by atoms with van der Waals surface area (Å²) in [6, 6.07) is 0. The Balaban J connectivity index is 0. The minimum atomic E-state index is -0.0593. The lowest BCUT2D eigenvalue weighted by Crippen LogP contribution is -2.02. The maximum atomic E-state index is 10.7. The van der Waals surface area contributed by atoms with Crippen molar-refractivity contribution in [3.63, 3.8) is 0 Å². The molecule has 0 radical (unpaired) electrons. The summed E-state index contributed by atoms with van der Waals surface area (Å²) in [7, 11) is 0. The summed E-state index contributed by atoms with van der Waals surface area (Å²) in [5, 5.41) is 0. The van der Waals surface area contributed by atoms with Crippen LogP contribution in [0.5, 0.6) is 0 Å². The first-order chi connectivity index (χ1) is 9.72. The summed E-state index contributed by atoms with van der Waals surface area (Å²) in [6.07, 6.45) is 15.3. The lowest BCUT2D eigenvalue weighted by molar-refractivity contribution is -0.143. The maximum absolute atomic E-state index is 10.7. The van der Waals surface area contributed by atoms with Gasteiger partial charge >= 0.3 is 5.97 Å². The van der Waals surface area contributed by atoms with Crippen LogP contribution >= 0.6 is 0 Å². The second kappa shape index (κ2) is 20.8. The van der Waals surface area contributed by atoms with Gasteiger partial charge in [0.1, 0.15) is 0 Å². The number of rotatable bonds is 12. The largest absolute Gasteiger partial charge is 0.466 e. The van der Waals surface area contributed by atoms with Crippen LogP contribution in [0.25, 0.3) is 0 Å². The SMILES string of the molecule is CCCCCC(=O)OCC.CCCCCCCCCC. The summed E-state index contributed by atoms with van der Waals surface area (Å²) in [5.41, 5.74) is 0. The fourth-order valence-corrected chi connectivity index (χ4v) is 1.96. The Morgan fingerprint density at radius 2 is 1.05 bits per heavy atom. The molecule has 2 heteroatoms. The number of hydrogen-bond acceptors (Lipinski definition) is 2. The summed E-state index contributed by atoms with van der Waals surface area (Å²) in [6.45, 7) is 8.99. The molecule has 0 fully saturated rings. The minimum Gasteiger partial charge on any atom is -0.466 e. The van der Waals surface area contributed by atoms with Crippen molar-refractivity contribution in [3.05, 3.63) is 0 Å². The lowest BCUT2D eigenvalue weighted by atomic mass is 10.1. The van der Waals surface area contributed by atoms with E-state index >= 15 is 0 Å². The first-order valence-corrected chi connectivity index (χ1v) is 8.88. The molecule has 0 unspecified atom stereocenters. The molecular formula is C18H38O2. The van der Waals surface area contributed by atoms with Crippen LogP contribution in [-0.2, 0) is 9.53 Å². The third kappa shape index (κ3) is 22.6. The molecule has 0 spiro atoms. The van der Waals surface area contributed by atoms with E-state index in [0.717, 1.165) is 19.3 Å². The normalized spacial score (nSPS) is 9.80. The number of ether oxygens (including phenoxy) is 1. The van der Waals surface area contributed by atoms with Gasteiger partial charge in [0.25, 0.3) is 0 Å². The molecule has 0 bridgehead atoms. The van der Waals surface area contributed by atoms with Crippen molar-refractivity contribution in [2.75, 3.05) is 6.61 Å². The van der Waals surface area contributed by atoms with Crippen LogP contribution < -0.4 is 0 Å². The van der Waals surface area contributed by atoms with Gasteiger partial charge in [-0.1, -0.05) is 85.0 Å². The second-order valence-electron chi connectivity index (χ2n) is 5.38. The highest BCUT2D eigenvalue weighted by molar-refractivity contribution is 5.69. The van der Waals surface area contributed by atoms with Crippen molar-refractivity contribution in [2.24, 2.45) is 0 Å². The molecule has 0 aromatic heterocycles. The topological polar surface area (TPSA) is 26.3 Å². The van der Waals surface area contributed by atoms with Crippen LogP contribution in [0.3, 0.4) is 0 Å². The third-order valence-corrected chi connectivity index (χ3v) is 3.25. The zero-order chi connectivity index (χ0) is 15.5. The highest BCUT2D eigenvalue weighted by Crippen LogP contribution is 2.07. The molecule has 0 saturated carbocycles. The highest BCUT2D eigenvalue weighted by atomic mass is 16.5. The Morgan fingerprint density at radius 1 is 0.650 bits per heavy atom. The number of hydrogen-bond donors (Lipinski definition) is 0. The molecule has 0 aliphatic heterocycles. The maximum Gasteiger partial charge on any atom is 0.305 e. The van der Waals surface area contributed by atoms with E-state index < -0.39 is 0 Å². The molecular weight excluding hydrogens is 248 g/mol. The summed E-state index contributed by atoms with van der Waals surface area (Å²) in [5.74, 6) is -0.0593. The van der Waals surface area contributed by atoms with Crippen LogP contribution in [0.2, 0.25) is 0 Å². The molecule has 0 N–H and O–H groups in total. The molecule has 0 aliphatic carbocycles. The van der Waals surface area contributed by atoms with Crippen LogP contribution in [0, 0.1) is 0 Å². The molecule has 0 aromatic carbocycles. The average Bonchev–Trinajstić information content (AvgIpc) is 2.44. The van der Waals surface area contributed by atoms with Crippen molar-refractivity contribution in [3.8, 4) is 0 Å². The van der Waals surface area contributed by atoms with E-state index in [2.05, 4.69) is 20.8 Å². The van der Waals surface area contributed by atoms with Crippen molar-refractivity contribution in [1.82, 2.24) is 0 Å². The van der Waals surface area contributed by atoms with Gasteiger partial charge in [-0.2, -0.15) is 0 Å². The third-order valence-electron chi connectivity index (χ3n) is 3.25. The second-order valence-corrected chi connectivity index (χ2v) is 5.38. The fraction of sp³-hybridized carbons (Fsp3) is 0.944. The first kappa shape index (κ1) is 21.8. The van der Waals surface area contributed by atoms with Gasteiger partial charge < -0.3 is 4.74 Å². The van der Waals surface area contributed by atoms with Gasteiger partial charge in [0.15, 0.2) is 0 Å². The predicted molar refractivity (Wildman–Crippen MR) is 89.1 cm³/mol. The van der Waals surface area contributed by atoms with Crippen LogP contribution in [0.4, 0.5) is 0 Å². The lowest BCUT2D eigenvalue weighted by Gasteiger charge is -1.99. The van der Waals surface area contributed by atoms with Gasteiger partial charge in [-0.05, 0) is 13.3 Å². The Labute approximate surface area is 127 Å². The summed E-state index contributed by atoms with van der Waals surface area (Å²) >= 11 is 0. The van der Waals surface area contributed by atoms with Crippen molar-refractivity contribution in [1.29, 1.82) is 0 Å². The van der Waals surface area contributed by atoms with E-state index in [4.69, 9.17) is 4.74 Å². The number of esters is 1. The molecule has 0 atom stereocenters. The van der Waals surface area contributed by atoms with Crippen LogP contribution in [-0.4, -0.2) is 12.6 Å². The van der Waals surface area contributed by atoms with E-state index in [1.807, 2.05) is 6.92 Å². The molecule has 0 saturated heterocycles. The molecule has 0 aliphatic rings. The van der Waals surface area contributed by atoms with E-state index in [1.165, 1.54) is 51.4 Å².